The first kappa shape index (κ1) is 9.52. The summed E-state index contributed by atoms with van der Waals surface area (Å²) < 4.78 is 0. The lowest BCUT2D eigenvalue weighted by atomic mass is 10.1. The van der Waals surface area contributed by atoms with Gasteiger partial charge in [-0.05, 0) is 18.8 Å². The Kier molecular flexibility index (Phi) is 3.53. The first-order valence-electron chi connectivity index (χ1n) is 4.62. The van der Waals surface area contributed by atoms with Gasteiger partial charge < -0.3 is 10.0 Å². The van der Waals surface area contributed by atoms with Gasteiger partial charge in [0, 0.05) is 26.1 Å². The fraction of sp³-hybridized carbons (Fsp3) is 0.889. The number of carbonyl (C=O) groups excluding carboxylic acids is 1. The number of rotatable bonds is 3. The Morgan fingerprint density at radius 3 is 2.92 bits per heavy atom. The van der Waals surface area contributed by atoms with Gasteiger partial charge in [0.15, 0.2) is 0 Å². The molecule has 0 saturated carbocycles. The second kappa shape index (κ2) is 4.45. The zero-order valence-electron chi connectivity index (χ0n) is 7.62. The Morgan fingerprint density at radius 2 is 2.33 bits per heavy atom. The van der Waals surface area contributed by atoms with Crippen molar-refractivity contribution in [3.05, 3.63) is 0 Å². The first-order valence-corrected chi connectivity index (χ1v) is 4.62. The minimum atomic E-state index is 0.170. The molecule has 1 unspecified atom stereocenters. The SMILES string of the molecule is CC(CO)CN1CCCCC1=O. The molecule has 3 nitrogen and oxygen atoms in total. The Balaban J connectivity index is 2.34. The van der Waals surface area contributed by atoms with Crippen LogP contribution in [0.3, 0.4) is 0 Å². The van der Waals surface area contributed by atoms with E-state index in [0.717, 1.165) is 25.9 Å². The van der Waals surface area contributed by atoms with Crippen molar-refractivity contribution in [2.75, 3.05) is 19.7 Å². The summed E-state index contributed by atoms with van der Waals surface area (Å²) in [6.45, 7) is 3.73. The van der Waals surface area contributed by atoms with Crippen molar-refractivity contribution in [2.45, 2.75) is 26.2 Å². The van der Waals surface area contributed by atoms with Crippen LogP contribution in [-0.2, 0) is 4.79 Å². The fourth-order valence-corrected chi connectivity index (χ4v) is 1.49. The number of carbonyl (C=O) groups is 1. The highest BCUT2D eigenvalue weighted by Crippen LogP contribution is 2.11. The summed E-state index contributed by atoms with van der Waals surface area (Å²) in [7, 11) is 0. The number of nitrogens with zero attached hydrogens (tertiary/aromatic N) is 1. The second-order valence-electron chi connectivity index (χ2n) is 3.58. The van der Waals surface area contributed by atoms with Gasteiger partial charge in [-0.1, -0.05) is 6.92 Å². The van der Waals surface area contributed by atoms with E-state index in [1.54, 1.807) is 0 Å². The van der Waals surface area contributed by atoms with Crippen molar-refractivity contribution in [1.29, 1.82) is 0 Å². The molecule has 1 aliphatic heterocycles. The molecule has 3 heteroatoms. The number of hydrogen-bond donors (Lipinski definition) is 1. The summed E-state index contributed by atoms with van der Waals surface area (Å²) >= 11 is 0. The van der Waals surface area contributed by atoms with Crippen molar-refractivity contribution in [3.8, 4) is 0 Å². The van der Waals surface area contributed by atoms with Gasteiger partial charge in [-0.15, -0.1) is 0 Å². The highest BCUT2D eigenvalue weighted by Gasteiger charge is 2.19. The summed E-state index contributed by atoms with van der Waals surface area (Å²) in [6.07, 6.45) is 2.84. The molecule has 1 N–H and O–H groups in total. The van der Waals surface area contributed by atoms with Crippen molar-refractivity contribution in [2.24, 2.45) is 5.92 Å². The highest BCUT2D eigenvalue weighted by molar-refractivity contribution is 5.76. The minimum Gasteiger partial charge on any atom is -0.396 e. The lowest BCUT2D eigenvalue weighted by Crippen LogP contribution is -2.38. The van der Waals surface area contributed by atoms with E-state index in [-0.39, 0.29) is 18.4 Å². The van der Waals surface area contributed by atoms with Crippen LogP contribution in [0, 0.1) is 5.92 Å². The maximum Gasteiger partial charge on any atom is 0.222 e. The van der Waals surface area contributed by atoms with E-state index in [1.807, 2.05) is 11.8 Å². The molecular formula is C9H17NO2. The van der Waals surface area contributed by atoms with Crippen LogP contribution in [0.5, 0.6) is 0 Å². The Hall–Kier alpha value is -0.570. The molecule has 0 aromatic heterocycles. The first-order chi connectivity index (χ1) is 5.74. The van der Waals surface area contributed by atoms with Crippen LogP contribution in [0.2, 0.25) is 0 Å². The van der Waals surface area contributed by atoms with Crippen molar-refractivity contribution in [3.63, 3.8) is 0 Å². The van der Waals surface area contributed by atoms with Crippen LogP contribution in [0.4, 0.5) is 0 Å². The van der Waals surface area contributed by atoms with Gasteiger partial charge in [0.2, 0.25) is 5.91 Å². The molecule has 1 fully saturated rings. The van der Waals surface area contributed by atoms with E-state index in [0.29, 0.717) is 6.42 Å². The maximum absolute atomic E-state index is 11.3. The zero-order chi connectivity index (χ0) is 8.97. The monoisotopic (exact) mass is 171 g/mol. The third kappa shape index (κ3) is 2.48. The van der Waals surface area contributed by atoms with Crippen LogP contribution < -0.4 is 0 Å². The summed E-state index contributed by atoms with van der Waals surface area (Å²) in [6, 6.07) is 0. The minimum absolute atomic E-state index is 0.170. The number of piperidine rings is 1. The van der Waals surface area contributed by atoms with Crippen molar-refractivity contribution >= 4 is 5.91 Å². The van der Waals surface area contributed by atoms with Gasteiger partial charge in [0.05, 0.1) is 0 Å². The molecule has 1 saturated heterocycles. The normalized spacial score (nSPS) is 21.2. The van der Waals surface area contributed by atoms with Gasteiger partial charge >= 0.3 is 0 Å². The van der Waals surface area contributed by atoms with Gasteiger partial charge in [0.1, 0.15) is 0 Å². The average Bonchev–Trinajstić information content (AvgIpc) is 2.09. The average molecular weight is 171 g/mol. The van der Waals surface area contributed by atoms with Crippen LogP contribution in [0.15, 0.2) is 0 Å². The summed E-state index contributed by atoms with van der Waals surface area (Å²) in [5.41, 5.74) is 0. The van der Waals surface area contributed by atoms with Crippen LogP contribution in [-0.4, -0.2) is 35.6 Å². The molecule has 12 heavy (non-hydrogen) atoms. The molecule has 1 heterocycles. The predicted octanol–water partition coefficient (Wildman–Crippen LogP) is 0.627. The van der Waals surface area contributed by atoms with Gasteiger partial charge in [-0.2, -0.15) is 0 Å². The lowest BCUT2D eigenvalue weighted by molar-refractivity contribution is -0.134. The van der Waals surface area contributed by atoms with E-state index in [4.69, 9.17) is 5.11 Å². The van der Waals surface area contributed by atoms with Crippen molar-refractivity contribution in [1.82, 2.24) is 4.90 Å². The summed E-state index contributed by atoms with van der Waals surface area (Å²) in [4.78, 5) is 13.2. The molecule has 0 bridgehead atoms. The summed E-state index contributed by atoms with van der Waals surface area (Å²) in [5.74, 6) is 0.466. The number of aliphatic hydroxyl groups excluding tert-OH is 1. The highest BCUT2D eigenvalue weighted by atomic mass is 16.3. The van der Waals surface area contributed by atoms with E-state index < -0.39 is 0 Å². The molecule has 1 atom stereocenters. The number of amides is 1. The Morgan fingerprint density at radius 1 is 1.58 bits per heavy atom. The number of hydrogen-bond acceptors (Lipinski definition) is 2. The Bertz CT molecular complexity index is 159. The molecule has 0 spiro atoms. The largest absolute Gasteiger partial charge is 0.396 e. The van der Waals surface area contributed by atoms with Crippen LogP contribution >= 0.6 is 0 Å². The standard InChI is InChI=1S/C9H17NO2/c1-8(7-11)6-10-5-3-2-4-9(10)12/h8,11H,2-7H2,1H3. The van der Waals surface area contributed by atoms with E-state index in [1.165, 1.54) is 0 Å². The number of aliphatic hydroxyl groups is 1. The molecule has 70 valence electrons. The van der Waals surface area contributed by atoms with Crippen LogP contribution in [0.1, 0.15) is 26.2 Å². The molecule has 1 amide bonds. The molecule has 0 aliphatic carbocycles. The molecule has 0 aromatic rings. The molecule has 0 aromatic carbocycles. The molecule has 1 aliphatic rings. The van der Waals surface area contributed by atoms with Gasteiger partial charge in [-0.25, -0.2) is 0 Å². The second-order valence-corrected chi connectivity index (χ2v) is 3.58. The third-order valence-electron chi connectivity index (χ3n) is 2.27. The topological polar surface area (TPSA) is 40.5 Å². The zero-order valence-corrected chi connectivity index (χ0v) is 7.62. The fourth-order valence-electron chi connectivity index (χ4n) is 1.49. The van der Waals surface area contributed by atoms with Crippen LogP contribution in [0.25, 0.3) is 0 Å². The molecule has 1 rings (SSSR count). The molecule has 0 radical (unpaired) electrons. The molecular weight excluding hydrogens is 154 g/mol. The quantitative estimate of drug-likeness (QED) is 0.676. The van der Waals surface area contributed by atoms with E-state index in [2.05, 4.69) is 0 Å². The van der Waals surface area contributed by atoms with E-state index >= 15 is 0 Å². The number of likely N-dealkylation sites (tertiary alicyclic amines) is 1. The van der Waals surface area contributed by atoms with Crippen molar-refractivity contribution < 1.29 is 9.90 Å². The van der Waals surface area contributed by atoms with E-state index in [9.17, 15) is 4.79 Å². The van der Waals surface area contributed by atoms with Gasteiger partial charge in [-0.3, -0.25) is 4.79 Å². The Labute approximate surface area is 73.4 Å². The van der Waals surface area contributed by atoms with Gasteiger partial charge in [0.25, 0.3) is 0 Å². The predicted molar refractivity (Wildman–Crippen MR) is 46.7 cm³/mol. The summed E-state index contributed by atoms with van der Waals surface area (Å²) in [5, 5.41) is 8.81. The maximum atomic E-state index is 11.3. The lowest BCUT2D eigenvalue weighted by Gasteiger charge is -2.28. The smallest absolute Gasteiger partial charge is 0.222 e. The third-order valence-corrected chi connectivity index (χ3v) is 2.27.